The summed E-state index contributed by atoms with van der Waals surface area (Å²) in [6.45, 7) is 5.21. The number of hydrogen-bond donors (Lipinski definition) is 2. The number of benzene rings is 1. The Labute approximate surface area is 170 Å². The standard InChI is InChI=1S/C23H25N3O3/c1-13(27)3-4-14-5-6-17-15-8-16(9-15)26-19(10-23(2)11-29-12-23)20(21(24)28)25-22(26)18(17)7-14/h5-7,13,15-16,27H,8-12H2,1-2H3,(H2,24,28). The fourth-order valence-corrected chi connectivity index (χ4v) is 4.80. The van der Waals surface area contributed by atoms with Crippen LogP contribution in [0.25, 0.3) is 11.4 Å². The molecule has 4 heterocycles. The van der Waals surface area contributed by atoms with Crippen molar-refractivity contribution in [1.29, 1.82) is 0 Å². The molecule has 4 aliphatic rings. The molecule has 2 bridgehead atoms. The minimum absolute atomic E-state index is 0.0177. The lowest BCUT2D eigenvalue weighted by atomic mass is 9.75. The SMILES string of the molecule is CC(O)C#Cc1ccc2c(c1)-c1nc(C(N)=O)c(CC3(C)COC3)n1C1CC2C1. The highest BCUT2D eigenvalue weighted by molar-refractivity contribution is 5.93. The Hall–Kier alpha value is -2.62. The lowest BCUT2D eigenvalue weighted by Gasteiger charge is -2.40. The van der Waals surface area contributed by atoms with Gasteiger partial charge in [0, 0.05) is 22.6 Å². The Bertz CT molecular complexity index is 1060. The van der Waals surface area contributed by atoms with Gasteiger partial charge >= 0.3 is 0 Å². The summed E-state index contributed by atoms with van der Waals surface area (Å²) in [5.74, 6) is 6.67. The maximum atomic E-state index is 12.3. The molecular formula is C23H25N3O3. The van der Waals surface area contributed by atoms with E-state index in [4.69, 9.17) is 15.5 Å². The summed E-state index contributed by atoms with van der Waals surface area (Å²) >= 11 is 0. The van der Waals surface area contributed by atoms with Gasteiger partial charge in [0.05, 0.1) is 18.9 Å². The molecule has 1 aromatic carbocycles. The largest absolute Gasteiger partial charge is 0.381 e. The van der Waals surface area contributed by atoms with Gasteiger partial charge in [0.2, 0.25) is 0 Å². The molecule has 1 unspecified atom stereocenters. The van der Waals surface area contributed by atoms with Gasteiger partial charge in [-0.05, 0) is 49.8 Å². The first-order valence-corrected chi connectivity index (χ1v) is 10.2. The Morgan fingerprint density at radius 2 is 2.21 bits per heavy atom. The number of aliphatic hydroxyl groups is 1. The zero-order valence-corrected chi connectivity index (χ0v) is 16.7. The lowest BCUT2D eigenvalue weighted by Crippen LogP contribution is -2.42. The quantitative estimate of drug-likeness (QED) is 0.786. The average molecular weight is 391 g/mol. The highest BCUT2D eigenvalue weighted by atomic mass is 16.5. The molecule has 0 spiro atoms. The molecule has 1 amide bonds. The van der Waals surface area contributed by atoms with Crippen LogP contribution in [0.3, 0.4) is 0 Å². The Kier molecular flexibility index (Phi) is 4.09. The highest BCUT2D eigenvalue weighted by Crippen LogP contribution is 2.53. The summed E-state index contributed by atoms with van der Waals surface area (Å²) in [6.07, 6.45) is 2.15. The third-order valence-electron chi connectivity index (χ3n) is 6.38. The van der Waals surface area contributed by atoms with Crippen molar-refractivity contribution in [3.8, 4) is 23.2 Å². The van der Waals surface area contributed by atoms with Crippen LogP contribution in [0.1, 0.15) is 66.0 Å². The number of nitrogens with two attached hydrogens (primary N) is 1. The molecule has 6 rings (SSSR count). The first-order valence-electron chi connectivity index (χ1n) is 10.2. The van der Waals surface area contributed by atoms with E-state index < -0.39 is 12.0 Å². The first-order chi connectivity index (χ1) is 13.8. The van der Waals surface area contributed by atoms with Crippen LogP contribution in [-0.2, 0) is 11.2 Å². The van der Waals surface area contributed by atoms with Crippen LogP contribution >= 0.6 is 0 Å². The van der Waals surface area contributed by atoms with Gasteiger partial charge in [-0.1, -0.05) is 24.8 Å². The van der Waals surface area contributed by atoms with E-state index in [2.05, 4.69) is 29.4 Å². The van der Waals surface area contributed by atoms with Crippen LogP contribution in [0.2, 0.25) is 0 Å². The molecule has 3 aliphatic heterocycles. The zero-order chi connectivity index (χ0) is 20.3. The smallest absolute Gasteiger partial charge is 0.269 e. The fraction of sp³-hybridized carbons (Fsp3) is 0.478. The van der Waals surface area contributed by atoms with Crippen LogP contribution < -0.4 is 5.73 Å². The summed E-state index contributed by atoms with van der Waals surface area (Å²) < 4.78 is 7.69. The number of ether oxygens (including phenoxy) is 1. The van der Waals surface area contributed by atoms with Gasteiger partial charge in [0.15, 0.2) is 0 Å². The summed E-state index contributed by atoms with van der Waals surface area (Å²) in [4.78, 5) is 17.0. The van der Waals surface area contributed by atoms with E-state index in [-0.39, 0.29) is 5.41 Å². The zero-order valence-electron chi connectivity index (χ0n) is 16.7. The molecule has 1 saturated heterocycles. The second-order valence-corrected chi connectivity index (χ2v) is 9.01. The molecule has 150 valence electrons. The van der Waals surface area contributed by atoms with Gasteiger partial charge in [0.1, 0.15) is 17.6 Å². The maximum Gasteiger partial charge on any atom is 0.269 e. The van der Waals surface area contributed by atoms with Crippen molar-refractivity contribution in [3.63, 3.8) is 0 Å². The number of nitrogens with zero attached hydrogens (tertiary/aromatic N) is 2. The van der Waals surface area contributed by atoms with E-state index in [0.717, 1.165) is 41.9 Å². The van der Waals surface area contributed by atoms with Crippen molar-refractivity contribution in [1.82, 2.24) is 9.55 Å². The predicted molar refractivity (Wildman–Crippen MR) is 108 cm³/mol. The average Bonchev–Trinajstić information content (AvgIpc) is 2.84. The molecule has 6 heteroatoms. The van der Waals surface area contributed by atoms with Gasteiger partial charge in [-0.2, -0.15) is 0 Å². The van der Waals surface area contributed by atoms with Crippen LogP contribution in [-0.4, -0.2) is 39.9 Å². The van der Waals surface area contributed by atoms with Gasteiger partial charge < -0.3 is 20.1 Å². The van der Waals surface area contributed by atoms with Gasteiger partial charge in [-0.3, -0.25) is 4.79 Å². The second-order valence-electron chi connectivity index (χ2n) is 9.01. The topological polar surface area (TPSA) is 90.4 Å². The van der Waals surface area contributed by atoms with E-state index in [9.17, 15) is 9.90 Å². The molecule has 1 aliphatic carbocycles. The monoisotopic (exact) mass is 391 g/mol. The molecule has 1 saturated carbocycles. The summed E-state index contributed by atoms with van der Waals surface area (Å²) in [5, 5.41) is 9.49. The Morgan fingerprint density at radius 1 is 1.45 bits per heavy atom. The van der Waals surface area contributed by atoms with Gasteiger partial charge in [-0.25, -0.2) is 4.98 Å². The highest BCUT2D eigenvalue weighted by Gasteiger charge is 2.43. The molecule has 2 fully saturated rings. The number of primary amides is 1. The third kappa shape index (κ3) is 2.97. The molecule has 2 aromatic rings. The normalized spacial score (nSPS) is 24.0. The number of amides is 1. The molecule has 1 atom stereocenters. The predicted octanol–water partition coefficient (Wildman–Crippen LogP) is 2.39. The minimum atomic E-state index is -0.679. The van der Waals surface area contributed by atoms with Gasteiger partial charge in [0.25, 0.3) is 5.91 Å². The molecular weight excluding hydrogens is 366 g/mol. The van der Waals surface area contributed by atoms with Crippen molar-refractivity contribution in [2.75, 3.05) is 13.2 Å². The fourth-order valence-electron chi connectivity index (χ4n) is 4.80. The summed E-state index contributed by atoms with van der Waals surface area (Å²) in [5.41, 5.74) is 10.2. The number of carbonyl (C=O) groups excluding carboxylic acids is 1. The van der Waals surface area contributed by atoms with Crippen molar-refractivity contribution >= 4 is 5.91 Å². The van der Waals surface area contributed by atoms with Crippen molar-refractivity contribution in [2.24, 2.45) is 11.1 Å². The van der Waals surface area contributed by atoms with E-state index in [1.54, 1.807) is 6.92 Å². The van der Waals surface area contributed by atoms with E-state index in [0.29, 0.717) is 30.9 Å². The number of carbonyl (C=O) groups is 1. The Balaban J connectivity index is 1.68. The lowest BCUT2D eigenvalue weighted by molar-refractivity contribution is -0.101. The van der Waals surface area contributed by atoms with Crippen LogP contribution in [0.4, 0.5) is 0 Å². The van der Waals surface area contributed by atoms with Crippen LogP contribution in [0, 0.1) is 17.3 Å². The summed E-state index contributed by atoms with van der Waals surface area (Å²) in [7, 11) is 0. The summed E-state index contributed by atoms with van der Waals surface area (Å²) in [6, 6.07) is 6.50. The molecule has 29 heavy (non-hydrogen) atoms. The minimum Gasteiger partial charge on any atom is -0.381 e. The molecule has 6 nitrogen and oxygen atoms in total. The Morgan fingerprint density at radius 3 is 2.83 bits per heavy atom. The third-order valence-corrected chi connectivity index (χ3v) is 6.38. The number of imidazole rings is 1. The number of rotatable bonds is 3. The molecule has 3 N–H and O–H groups in total. The number of aliphatic hydroxyl groups excluding tert-OH is 1. The van der Waals surface area contributed by atoms with Crippen molar-refractivity contribution in [2.45, 2.75) is 51.2 Å². The number of aromatic nitrogens is 2. The number of hydrogen-bond acceptors (Lipinski definition) is 4. The van der Waals surface area contributed by atoms with Gasteiger partial charge in [-0.15, -0.1) is 0 Å². The van der Waals surface area contributed by atoms with E-state index in [1.807, 2.05) is 12.1 Å². The second kappa shape index (κ2) is 6.45. The van der Waals surface area contributed by atoms with Crippen LogP contribution in [0.5, 0.6) is 0 Å². The molecule has 1 aromatic heterocycles. The molecule has 0 radical (unpaired) electrons. The van der Waals surface area contributed by atoms with E-state index >= 15 is 0 Å². The van der Waals surface area contributed by atoms with Crippen molar-refractivity contribution < 1.29 is 14.6 Å². The van der Waals surface area contributed by atoms with E-state index in [1.165, 1.54) is 5.56 Å². The first kappa shape index (κ1) is 18.4. The maximum absolute atomic E-state index is 12.3. The van der Waals surface area contributed by atoms with Crippen LogP contribution in [0.15, 0.2) is 18.2 Å². The van der Waals surface area contributed by atoms with Crippen molar-refractivity contribution in [3.05, 3.63) is 40.7 Å².